The normalized spacial score (nSPS) is 9.11. The second-order valence-corrected chi connectivity index (χ2v) is 2.81. The Bertz CT molecular complexity index is 178. The van der Waals surface area contributed by atoms with Crippen LogP contribution < -0.4 is 5.46 Å². The Morgan fingerprint density at radius 2 is 1.67 bits per heavy atom. The molecule has 3 heteroatoms. The predicted molar refractivity (Wildman–Crippen MR) is 44.6 cm³/mol. The highest BCUT2D eigenvalue weighted by atomic mass is 35.5. The summed E-state index contributed by atoms with van der Waals surface area (Å²) in [6.07, 6.45) is 0. The van der Waals surface area contributed by atoms with Gasteiger partial charge in [-0.2, -0.15) is 22.9 Å². The van der Waals surface area contributed by atoms with E-state index in [4.69, 9.17) is 22.9 Å². The fraction of sp³-hybridized carbons (Fsp3) is 0. The summed E-state index contributed by atoms with van der Waals surface area (Å²) in [4.78, 5) is 0. The van der Waals surface area contributed by atoms with Crippen LogP contribution in [0.25, 0.3) is 0 Å². The van der Waals surface area contributed by atoms with E-state index in [1.165, 1.54) is 0 Å². The predicted octanol–water partition coefficient (Wildman–Crippen LogP) is 1.97. The Kier molecular flexibility index (Phi) is 2.43. The van der Waals surface area contributed by atoms with Crippen molar-refractivity contribution >= 4 is 33.9 Å². The molecule has 1 aromatic carbocycles. The van der Waals surface area contributed by atoms with Gasteiger partial charge in [0.25, 0.3) is 0 Å². The summed E-state index contributed by atoms with van der Waals surface area (Å²) in [5.41, 5.74) is 0.548. The zero-order valence-corrected chi connectivity index (χ0v) is 6.23. The van der Waals surface area contributed by atoms with Crippen molar-refractivity contribution in [1.29, 1.82) is 0 Å². The van der Waals surface area contributed by atoms with Gasteiger partial charge in [0.1, 0.15) is 0 Å². The van der Waals surface area contributed by atoms with E-state index in [1.807, 2.05) is 30.3 Å². The van der Waals surface area contributed by atoms with Crippen molar-refractivity contribution in [2.45, 2.75) is 0 Å². The minimum atomic E-state index is -0.397. The van der Waals surface area contributed by atoms with E-state index in [0.29, 0.717) is 0 Å². The van der Waals surface area contributed by atoms with Gasteiger partial charge in [-0.15, -0.1) is 0 Å². The third-order valence-electron chi connectivity index (χ3n) is 1.05. The lowest BCUT2D eigenvalue weighted by molar-refractivity contribution is 1.77. The molecule has 0 saturated heterocycles. The lowest BCUT2D eigenvalue weighted by Crippen LogP contribution is -2.16. The Hall–Kier alpha value is -0.135. The summed E-state index contributed by atoms with van der Waals surface area (Å²) >= 11 is 11.1. The maximum absolute atomic E-state index is 5.57. The van der Waals surface area contributed by atoms with E-state index in [1.54, 1.807) is 0 Å². The molecule has 0 N–H and O–H groups in total. The molecule has 46 valence electrons. The average molecular weight is 160 g/mol. The Morgan fingerprint density at radius 3 is 2.00 bits per heavy atom. The molecule has 0 amide bonds. The zero-order chi connectivity index (χ0) is 6.69. The lowest BCUT2D eigenvalue weighted by atomic mass is 9.93. The van der Waals surface area contributed by atoms with Gasteiger partial charge in [0.15, 0.2) is 0 Å². The van der Waals surface area contributed by atoms with Crippen molar-refractivity contribution in [3.63, 3.8) is 0 Å². The Balaban J connectivity index is 0.000000810. The highest BCUT2D eigenvalue weighted by Gasteiger charge is 2.06. The van der Waals surface area contributed by atoms with Crippen molar-refractivity contribution < 1.29 is 1.43 Å². The maximum Gasteiger partial charge on any atom is 1.00 e. The van der Waals surface area contributed by atoms with Gasteiger partial charge in [0.2, 0.25) is 0 Å². The van der Waals surface area contributed by atoms with E-state index in [9.17, 15) is 0 Å². The minimum absolute atomic E-state index is 0. The van der Waals surface area contributed by atoms with E-state index in [-0.39, 0.29) is 1.43 Å². The number of hydrogen-bond acceptors (Lipinski definition) is 0. The molecular weight excluding hydrogens is 154 g/mol. The number of halogens is 2. The summed E-state index contributed by atoms with van der Waals surface area (Å²) in [6, 6.07) is 9.54. The fourth-order valence-electron chi connectivity index (χ4n) is 0.599. The Labute approximate surface area is 66.2 Å². The van der Waals surface area contributed by atoms with Crippen molar-refractivity contribution in [3.05, 3.63) is 30.3 Å². The standard InChI is InChI=1S/C6H5BCl2/c8-7(9)6-4-2-1-3-5-6/h1-5H/p+1. The molecular formula is C6H6BCl2+. The smallest absolute Gasteiger partial charge is 0.165 e. The summed E-state index contributed by atoms with van der Waals surface area (Å²) in [7, 11) is 0. The number of benzene rings is 1. The highest BCUT2D eigenvalue weighted by Crippen LogP contribution is 1.96. The molecule has 0 radical (unpaired) electrons. The third-order valence-corrected chi connectivity index (χ3v) is 1.56. The van der Waals surface area contributed by atoms with E-state index < -0.39 is 5.54 Å². The van der Waals surface area contributed by atoms with Crippen LogP contribution in [0.2, 0.25) is 0 Å². The number of rotatable bonds is 1. The topological polar surface area (TPSA) is 0 Å². The van der Waals surface area contributed by atoms with Gasteiger partial charge in [-0.25, -0.2) is 0 Å². The summed E-state index contributed by atoms with van der Waals surface area (Å²) in [5.74, 6) is 0. The van der Waals surface area contributed by atoms with Gasteiger partial charge >= 0.3 is 6.97 Å². The van der Waals surface area contributed by atoms with Crippen LogP contribution in [-0.4, -0.2) is 5.54 Å². The van der Waals surface area contributed by atoms with Crippen molar-refractivity contribution in [3.8, 4) is 0 Å². The average Bonchev–Trinajstić information content (AvgIpc) is 1.90. The molecule has 0 bridgehead atoms. The van der Waals surface area contributed by atoms with Crippen LogP contribution in [-0.2, 0) is 0 Å². The van der Waals surface area contributed by atoms with Crippen LogP contribution >= 0.6 is 22.9 Å². The molecule has 0 heterocycles. The van der Waals surface area contributed by atoms with Gasteiger partial charge in [0.05, 0.1) is 0 Å². The lowest BCUT2D eigenvalue weighted by Gasteiger charge is -1.93. The second kappa shape index (κ2) is 3.14. The van der Waals surface area contributed by atoms with Gasteiger partial charge in [-0.3, -0.25) is 0 Å². The van der Waals surface area contributed by atoms with Crippen LogP contribution in [0.3, 0.4) is 0 Å². The minimum Gasteiger partial charge on any atom is -0.165 e. The van der Waals surface area contributed by atoms with Gasteiger partial charge in [-0.05, 0) is 5.46 Å². The molecule has 0 unspecified atom stereocenters. The number of hydrogen-bond donors (Lipinski definition) is 0. The fourth-order valence-corrected chi connectivity index (χ4v) is 0.889. The van der Waals surface area contributed by atoms with Crippen LogP contribution in [0, 0.1) is 0 Å². The van der Waals surface area contributed by atoms with E-state index in [2.05, 4.69) is 0 Å². The van der Waals surface area contributed by atoms with Crippen molar-refractivity contribution in [2.75, 3.05) is 0 Å². The van der Waals surface area contributed by atoms with Crippen LogP contribution in [0.1, 0.15) is 1.43 Å². The maximum atomic E-state index is 5.57. The Morgan fingerprint density at radius 1 is 1.11 bits per heavy atom. The monoisotopic (exact) mass is 159 g/mol. The first-order valence-corrected chi connectivity index (χ1v) is 3.51. The highest BCUT2D eigenvalue weighted by molar-refractivity contribution is 7.39. The van der Waals surface area contributed by atoms with Gasteiger partial charge < -0.3 is 0 Å². The third kappa shape index (κ3) is 1.92. The molecule has 0 aliphatic rings. The molecule has 1 aromatic rings. The quantitative estimate of drug-likeness (QED) is 0.550. The first-order chi connectivity index (χ1) is 4.30. The first-order valence-electron chi connectivity index (χ1n) is 2.64. The van der Waals surface area contributed by atoms with E-state index >= 15 is 0 Å². The van der Waals surface area contributed by atoms with E-state index in [0.717, 1.165) is 5.46 Å². The zero-order valence-electron chi connectivity index (χ0n) is 5.72. The largest absolute Gasteiger partial charge is 1.00 e. The molecule has 0 atom stereocenters. The molecule has 0 aliphatic heterocycles. The molecule has 1 rings (SSSR count). The van der Waals surface area contributed by atoms with Crippen LogP contribution in [0.4, 0.5) is 0 Å². The molecule has 0 fully saturated rings. The second-order valence-electron chi connectivity index (χ2n) is 1.71. The molecule has 0 aromatic heterocycles. The molecule has 9 heavy (non-hydrogen) atoms. The van der Waals surface area contributed by atoms with Crippen molar-refractivity contribution in [2.24, 2.45) is 0 Å². The summed E-state index contributed by atoms with van der Waals surface area (Å²) in [5, 5.41) is 0. The summed E-state index contributed by atoms with van der Waals surface area (Å²) < 4.78 is 0. The molecule has 0 nitrogen and oxygen atoms in total. The van der Waals surface area contributed by atoms with Gasteiger partial charge in [-0.1, -0.05) is 30.3 Å². The SMILES string of the molecule is ClB(Cl)c1ccccc1.[H+]. The van der Waals surface area contributed by atoms with Crippen molar-refractivity contribution in [1.82, 2.24) is 0 Å². The summed E-state index contributed by atoms with van der Waals surface area (Å²) in [6.45, 7) is 0. The molecule has 0 spiro atoms. The van der Waals surface area contributed by atoms with Crippen LogP contribution in [0.15, 0.2) is 30.3 Å². The van der Waals surface area contributed by atoms with Gasteiger partial charge in [0, 0.05) is 0 Å². The molecule has 0 saturated carbocycles. The van der Waals surface area contributed by atoms with Crippen LogP contribution in [0.5, 0.6) is 0 Å². The first kappa shape index (κ1) is 6.98. The molecule has 0 aliphatic carbocycles.